The van der Waals surface area contributed by atoms with Crippen molar-refractivity contribution in [3.05, 3.63) is 47.1 Å². The van der Waals surface area contributed by atoms with Crippen LogP contribution in [-0.4, -0.2) is 13.4 Å². The Kier molecular flexibility index (Phi) is 4.27. The molecule has 2 rings (SSSR count). The summed E-state index contributed by atoms with van der Waals surface area (Å²) >= 11 is 1.31. The number of thiophene rings is 1. The van der Waals surface area contributed by atoms with Crippen LogP contribution in [-0.2, 0) is 22.0 Å². The molecule has 0 bridgehead atoms. The van der Waals surface area contributed by atoms with E-state index in [1.54, 1.807) is 24.5 Å². The predicted molar refractivity (Wildman–Crippen MR) is 81.3 cm³/mol. The van der Waals surface area contributed by atoms with Gasteiger partial charge in [-0.15, -0.1) is 11.3 Å². The summed E-state index contributed by atoms with van der Waals surface area (Å²) < 4.78 is 28.0. The summed E-state index contributed by atoms with van der Waals surface area (Å²) in [6.45, 7) is 5.67. The van der Waals surface area contributed by atoms with Crippen molar-refractivity contribution in [1.82, 2.24) is 9.71 Å². The minimum atomic E-state index is -3.51. The first kappa shape index (κ1) is 15.2. The molecule has 0 fully saturated rings. The second kappa shape index (κ2) is 5.63. The monoisotopic (exact) mass is 310 g/mol. The standard InChI is InChI=1S/C14H18N2O2S2/c1-4-12-7-8-13(19-12)20(17,18)16-14(2,3)11-6-5-9-15-10-11/h5-10,16H,4H2,1-3H3. The Balaban J connectivity index is 2.28. The first-order valence-electron chi connectivity index (χ1n) is 6.38. The summed E-state index contributed by atoms with van der Waals surface area (Å²) in [7, 11) is -3.51. The van der Waals surface area contributed by atoms with Gasteiger partial charge in [-0.05, 0) is 44.0 Å². The third-order valence-electron chi connectivity index (χ3n) is 3.02. The maximum atomic E-state index is 12.4. The zero-order chi connectivity index (χ0) is 14.8. The second-order valence-corrected chi connectivity index (χ2v) is 8.12. The number of nitrogens with zero attached hydrogens (tertiary/aromatic N) is 1. The zero-order valence-electron chi connectivity index (χ0n) is 11.8. The molecular weight excluding hydrogens is 292 g/mol. The van der Waals surface area contributed by atoms with Crippen LogP contribution in [0, 0.1) is 0 Å². The highest BCUT2D eigenvalue weighted by atomic mass is 32.2. The molecule has 0 saturated heterocycles. The Morgan fingerprint density at radius 2 is 2.05 bits per heavy atom. The molecule has 0 unspecified atom stereocenters. The molecule has 0 radical (unpaired) electrons. The van der Waals surface area contributed by atoms with Gasteiger partial charge in [0, 0.05) is 17.3 Å². The molecule has 2 heterocycles. The lowest BCUT2D eigenvalue weighted by Gasteiger charge is -2.25. The Bertz CT molecular complexity index is 676. The summed E-state index contributed by atoms with van der Waals surface area (Å²) in [5.41, 5.74) is 0.125. The van der Waals surface area contributed by atoms with Crippen LogP contribution in [0.2, 0.25) is 0 Å². The van der Waals surface area contributed by atoms with Gasteiger partial charge in [0.25, 0.3) is 10.0 Å². The Morgan fingerprint density at radius 3 is 2.60 bits per heavy atom. The average molecular weight is 310 g/mol. The van der Waals surface area contributed by atoms with Crippen LogP contribution in [0.4, 0.5) is 0 Å². The van der Waals surface area contributed by atoms with Gasteiger partial charge in [-0.25, -0.2) is 13.1 Å². The highest BCUT2D eigenvalue weighted by Gasteiger charge is 2.28. The molecule has 0 amide bonds. The van der Waals surface area contributed by atoms with Crippen molar-refractivity contribution in [2.24, 2.45) is 0 Å². The number of sulfonamides is 1. The fraction of sp³-hybridized carbons (Fsp3) is 0.357. The topological polar surface area (TPSA) is 59.1 Å². The van der Waals surface area contributed by atoms with Crippen molar-refractivity contribution < 1.29 is 8.42 Å². The lowest BCUT2D eigenvalue weighted by atomic mass is 9.98. The summed E-state index contributed by atoms with van der Waals surface area (Å²) in [5.74, 6) is 0. The van der Waals surface area contributed by atoms with E-state index in [0.717, 1.165) is 16.9 Å². The van der Waals surface area contributed by atoms with Gasteiger partial charge in [0.2, 0.25) is 0 Å². The van der Waals surface area contributed by atoms with Gasteiger partial charge in [0.1, 0.15) is 4.21 Å². The SMILES string of the molecule is CCc1ccc(S(=O)(=O)NC(C)(C)c2cccnc2)s1. The second-order valence-electron chi connectivity index (χ2n) is 5.05. The maximum absolute atomic E-state index is 12.4. The number of nitrogens with one attached hydrogen (secondary N) is 1. The molecule has 0 aliphatic carbocycles. The first-order chi connectivity index (χ1) is 9.35. The van der Waals surface area contributed by atoms with Gasteiger partial charge in [-0.3, -0.25) is 4.98 Å². The molecule has 108 valence electrons. The van der Waals surface area contributed by atoms with Crippen LogP contribution in [0.15, 0.2) is 40.9 Å². The Labute approximate surface area is 123 Å². The van der Waals surface area contributed by atoms with Crippen molar-refractivity contribution in [1.29, 1.82) is 0 Å². The number of rotatable bonds is 5. The van der Waals surface area contributed by atoms with Gasteiger partial charge in [-0.2, -0.15) is 0 Å². The lowest BCUT2D eigenvalue weighted by Crippen LogP contribution is -2.40. The maximum Gasteiger partial charge on any atom is 0.250 e. The Hall–Kier alpha value is -1.24. The van der Waals surface area contributed by atoms with Crippen molar-refractivity contribution in [3.63, 3.8) is 0 Å². The molecule has 2 aromatic heterocycles. The Morgan fingerprint density at radius 1 is 1.30 bits per heavy atom. The number of aromatic nitrogens is 1. The van der Waals surface area contributed by atoms with E-state index in [0.29, 0.717) is 4.21 Å². The van der Waals surface area contributed by atoms with E-state index in [1.807, 2.05) is 32.9 Å². The van der Waals surface area contributed by atoms with Crippen LogP contribution in [0.1, 0.15) is 31.2 Å². The van der Waals surface area contributed by atoms with Crippen LogP contribution < -0.4 is 4.72 Å². The quantitative estimate of drug-likeness (QED) is 0.923. The third kappa shape index (κ3) is 3.26. The van der Waals surface area contributed by atoms with Gasteiger partial charge in [-0.1, -0.05) is 13.0 Å². The molecule has 0 saturated carbocycles. The number of hydrogen-bond donors (Lipinski definition) is 1. The van der Waals surface area contributed by atoms with Crippen molar-refractivity contribution >= 4 is 21.4 Å². The van der Waals surface area contributed by atoms with E-state index < -0.39 is 15.6 Å². The van der Waals surface area contributed by atoms with Crippen LogP contribution in [0.25, 0.3) is 0 Å². The molecule has 0 atom stereocenters. The van der Waals surface area contributed by atoms with E-state index in [-0.39, 0.29) is 0 Å². The molecule has 6 heteroatoms. The minimum Gasteiger partial charge on any atom is -0.264 e. The van der Waals surface area contributed by atoms with E-state index in [9.17, 15) is 8.42 Å². The van der Waals surface area contributed by atoms with Crippen LogP contribution >= 0.6 is 11.3 Å². The molecular formula is C14H18N2O2S2. The molecule has 20 heavy (non-hydrogen) atoms. The molecule has 0 aromatic carbocycles. The van der Waals surface area contributed by atoms with Gasteiger partial charge in [0.15, 0.2) is 0 Å². The number of pyridine rings is 1. The summed E-state index contributed by atoms with van der Waals surface area (Å²) in [6.07, 6.45) is 4.18. The van der Waals surface area contributed by atoms with E-state index >= 15 is 0 Å². The minimum absolute atomic E-state index is 0.353. The van der Waals surface area contributed by atoms with Gasteiger partial charge < -0.3 is 0 Å². The fourth-order valence-corrected chi connectivity index (χ4v) is 4.57. The van der Waals surface area contributed by atoms with Crippen molar-refractivity contribution in [3.8, 4) is 0 Å². The molecule has 4 nitrogen and oxygen atoms in total. The van der Waals surface area contributed by atoms with E-state index in [2.05, 4.69) is 9.71 Å². The number of aryl methyl sites for hydroxylation is 1. The predicted octanol–water partition coefficient (Wildman–Crippen LogP) is 2.92. The van der Waals surface area contributed by atoms with E-state index in [1.165, 1.54) is 11.3 Å². The van der Waals surface area contributed by atoms with Crippen LogP contribution in [0.3, 0.4) is 0 Å². The summed E-state index contributed by atoms with van der Waals surface area (Å²) in [6, 6.07) is 7.18. The van der Waals surface area contributed by atoms with Crippen molar-refractivity contribution in [2.45, 2.75) is 36.9 Å². The summed E-state index contributed by atoms with van der Waals surface area (Å²) in [5, 5.41) is 0. The molecule has 1 N–H and O–H groups in total. The first-order valence-corrected chi connectivity index (χ1v) is 8.68. The van der Waals surface area contributed by atoms with Crippen molar-refractivity contribution in [2.75, 3.05) is 0 Å². The molecule has 0 spiro atoms. The largest absolute Gasteiger partial charge is 0.264 e. The summed E-state index contributed by atoms with van der Waals surface area (Å²) in [4.78, 5) is 5.10. The fourth-order valence-electron chi connectivity index (χ4n) is 1.87. The van der Waals surface area contributed by atoms with E-state index in [4.69, 9.17) is 0 Å². The highest BCUT2D eigenvalue weighted by molar-refractivity contribution is 7.91. The van der Waals surface area contributed by atoms with Gasteiger partial charge >= 0.3 is 0 Å². The number of hydrogen-bond acceptors (Lipinski definition) is 4. The molecule has 0 aliphatic rings. The van der Waals surface area contributed by atoms with Crippen LogP contribution in [0.5, 0.6) is 0 Å². The molecule has 2 aromatic rings. The zero-order valence-corrected chi connectivity index (χ0v) is 13.4. The van der Waals surface area contributed by atoms with Gasteiger partial charge in [0.05, 0.1) is 5.54 Å². The smallest absolute Gasteiger partial charge is 0.250 e. The lowest BCUT2D eigenvalue weighted by molar-refractivity contribution is 0.471. The highest BCUT2D eigenvalue weighted by Crippen LogP contribution is 2.26. The molecule has 0 aliphatic heterocycles. The normalized spacial score (nSPS) is 12.6. The average Bonchev–Trinajstić information content (AvgIpc) is 2.88. The third-order valence-corrected chi connectivity index (χ3v) is 6.40.